The number of hydrogen-bond acceptors (Lipinski definition) is 5. The van der Waals surface area contributed by atoms with Crippen LogP contribution in [0.3, 0.4) is 0 Å². The van der Waals surface area contributed by atoms with Crippen molar-refractivity contribution in [2.75, 3.05) is 17.6 Å². The lowest BCUT2D eigenvalue weighted by molar-refractivity contribution is 0.0947. The Balaban J connectivity index is 1.90. The molecule has 1 amide bonds. The number of fused-ring (bicyclic) bond motifs is 1. The second-order valence-corrected chi connectivity index (χ2v) is 6.12. The van der Waals surface area contributed by atoms with Crippen molar-refractivity contribution in [1.82, 2.24) is 20.3 Å². The number of aryl methyl sites for hydroxylation is 1. The first-order chi connectivity index (χ1) is 12.5. The molecule has 0 aliphatic carbocycles. The number of aromatic nitrogens is 3. The van der Waals surface area contributed by atoms with Crippen LogP contribution in [0.5, 0.6) is 0 Å². The summed E-state index contributed by atoms with van der Waals surface area (Å²) in [6, 6.07) is 6.17. The van der Waals surface area contributed by atoms with E-state index in [2.05, 4.69) is 25.6 Å². The van der Waals surface area contributed by atoms with Crippen LogP contribution in [0.1, 0.15) is 21.6 Å². The third kappa shape index (κ3) is 2.75. The van der Waals surface area contributed by atoms with Gasteiger partial charge in [0, 0.05) is 30.5 Å². The van der Waals surface area contributed by atoms with Gasteiger partial charge < -0.3 is 21.4 Å². The van der Waals surface area contributed by atoms with Gasteiger partial charge in [-0.05, 0) is 30.7 Å². The van der Waals surface area contributed by atoms with Crippen LogP contribution in [0.2, 0.25) is 0 Å². The predicted octanol–water partition coefficient (Wildman–Crippen LogP) is 2.53. The van der Waals surface area contributed by atoms with E-state index in [-0.39, 0.29) is 17.7 Å². The maximum atomic E-state index is 13.7. The van der Waals surface area contributed by atoms with Crippen LogP contribution in [-0.2, 0) is 6.42 Å². The first-order valence-electron chi connectivity index (χ1n) is 8.18. The number of halogens is 1. The third-order valence-electron chi connectivity index (χ3n) is 4.35. The summed E-state index contributed by atoms with van der Waals surface area (Å²) in [5, 5.41) is 6.04. The third-order valence-corrected chi connectivity index (χ3v) is 4.35. The Labute approximate surface area is 148 Å². The van der Waals surface area contributed by atoms with E-state index in [1.165, 1.54) is 12.1 Å². The fourth-order valence-electron chi connectivity index (χ4n) is 3.07. The van der Waals surface area contributed by atoms with Crippen molar-refractivity contribution in [3.05, 3.63) is 53.1 Å². The molecule has 0 saturated heterocycles. The summed E-state index contributed by atoms with van der Waals surface area (Å²) in [4.78, 5) is 23.9. The lowest BCUT2D eigenvalue weighted by atomic mass is 10.1. The smallest absolute Gasteiger partial charge is 0.255 e. The molecule has 1 aliphatic rings. The Morgan fingerprint density at radius 3 is 2.96 bits per heavy atom. The highest BCUT2D eigenvalue weighted by Gasteiger charge is 2.27. The zero-order valence-electron chi connectivity index (χ0n) is 14.1. The molecule has 8 heteroatoms. The molecule has 5 N–H and O–H groups in total. The van der Waals surface area contributed by atoms with Gasteiger partial charge in [0.25, 0.3) is 5.91 Å². The number of nitrogen functional groups attached to an aromatic ring is 1. The van der Waals surface area contributed by atoms with Gasteiger partial charge in [0.2, 0.25) is 5.95 Å². The van der Waals surface area contributed by atoms with Crippen LogP contribution in [0.15, 0.2) is 30.5 Å². The number of carbonyl (C=O) groups excluding carboxylic acids is 1. The monoisotopic (exact) mass is 352 g/mol. The summed E-state index contributed by atoms with van der Waals surface area (Å²) >= 11 is 0. The number of benzene rings is 1. The number of rotatable bonds is 3. The zero-order valence-corrected chi connectivity index (χ0v) is 14.1. The highest BCUT2D eigenvalue weighted by molar-refractivity contribution is 6.06. The van der Waals surface area contributed by atoms with Crippen molar-refractivity contribution in [2.45, 2.75) is 13.3 Å². The molecule has 1 aromatic carbocycles. The molecule has 0 spiro atoms. The molecule has 2 aromatic heterocycles. The molecule has 132 valence electrons. The fourth-order valence-corrected chi connectivity index (χ4v) is 3.07. The van der Waals surface area contributed by atoms with E-state index in [0.717, 1.165) is 11.3 Å². The van der Waals surface area contributed by atoms with Crippen molar-refractivity contribution in [2.24, 2.45) is 0 Å². The quantitative estimate of drug-likeness (QED) is 0.579. The number of anilines is 3. The molecule has 0 fully saturated rings. The Hall–Kier alpha value is -3.42. The zero-order chi connectivity index (χ0) is 18.3. The standard InChI is InChI=1S/C18H17FN6O/c1-9-2-3-10(19)8-13(9)24-16-14-11(4-6-21-17(14)26)23-15(16)12-5-7-22-18(20)25-12/h2-3,5,7-8,23-24H,4,6H2,1H3,(H,21,26)(H2,20,22,25). The summed E-state index contributed by atoms with van der Waals surface area (Å²) in [7, 11) is 0. The van der Waals surface area contributed by atoms with E-state index in [0.29, 0.717) is 41.3 Å². The number of nitrogens with zero attached hydrogens (tertiary/aromatic N) is 2. The summed E-state index contributed by atoms with van der Waals surface area (Å²) in [6.07, 6.45) is 2.22. The highest BCUT2D eigenvalue weighted by atomic mass is 19.1. The van der Waals surface area contributed by atoms with Gasteiger partial charge in [-0.15, -0.1) is 0 Å². The molecule has 26 heavy (non-hydrogen) atoms. The predicted molar refractivity (Wildman–Crippen MR) is 96.7 cm³/mol. The van der Waals surface area contributed by atoms with Crippen LogP contribution in [0.4, 0.5) is 21.7 Å². The molecule has 0 radical (unpaired) electrons. The van der Waals surface area contributed by atoms with Gasteiger partial charge in [-0.1, -0.05) is 6.07 Å². The summed E-state index contributed by atoms with van der Waals surface area (Å²) in [6.45, 7) is 2.42. The molecule has 0 bridgehead atoms. The minimum atomic E-state index is -0.361. The number of H-pyrrole nitrogens is 1. The SMILES string of the molecule is Cc1ccc(F)cc1Nc1c(-c2ccnc(N)n2)[nH]c2c1C(=O)NCC2. The number of nitrogens with one attached hydrogen (secondary N) is 3. The van der Waals surface area contributed by atoms with Crippen LogP contribution in [0.25, 0.3) is 11.4 Å². The summed E-state index contributed by atoms with van der Waals surface area (Å²) in [5.41, 5.74) is 10.2. The Kier molecular flexibility index (Phi) is 3.80. The molecule has 3 aromatic rings. The van der Waals surface area contributed by atoms with Crippen molar-refractivity contribution in [3.8, 4) is 11.4 Å². The summed E-state index contributed by atoms with van der Waals surface area (Å²) < 4.78 is 13.7. The number of hydrogen-bond donors (Lipinski definition) is 4. The maximum Gasteiger partial charge on any atom is 0.255 e. The molecule has 4 rings (SSSR count). The topological polar surface area (TPSA) is 109 Å². The maximum absolute atomic E-state index is 13.7. The molecule has 0 saturated carbocycles. The summed E-state index contributed by atoms with van der Waals surface area (Å²) in [5.74, 6) is -0.417. The Bertz CT molecular complexity index is 1010. The van der Waals surface area contributed by atoms with Crippen molar-refractivity contribution in [1.29, 1.82) is 0 Å². The van der Waals surface area contributed by atoms with Gasteiger partial charge in [0.05, 0.1) is 22.6 Å². The van der Waals surface area contributed by atoms with Gasteiger partial charge >= 0.3 is 0 Å². The van der Waals surface area contributed by atoms with Crippen molar-refractivity contribution < 1.29 is 9.18 Å². The lowest BCUT2D eigenvalue weighted by Gasteiger charge is -2.16. The van der Waals surface area contributed by atoms with Gasteiger partial charge in [-0.2, -0.15) is 0 Å². The van der Waals surface area contributed by atoms with E-state index in [4.69, 9.17) is 5.73 Å². The van der Waals surface area contributed by atoms with Crippen molar-refractivity contribution >= 4 is 23.2 Å². The second-order valence-electron chi connectivity index (χ2n) is 6.12. The average molecular weight is 352 g/mol. The van der Waals surface area contributed by atoms with E-state index in [9.17, 15) is 9.18 Å². The minimum Gasteiger partial charge on any atom is -0.368 e. The fraction of sp³-hybridized carbons (Fsp3) is 0.167. The van der Waals surface area contributed by atoms with Gasteiger partial charge in [0.15, 0.2) is 0 Å². The van der Waals surface area contributed by atoms with Crippen molar-refractivity contribution in [3.63, 3.8) is 0 Å². The number of nitrogens with two attached hydrogens (primary N) is 1. The molecule has 1 aliphatic heterocycles. The van der Waals surface area contributed by atoms with E-state index >= 15 is 0 Å². The van der Waals surface area contributed by atoms with Crippen LogP contribution in [0, 0.1) is 12.7 Å². The van der Waals surface area contributed by atoms with Crippen LogP contribution in [-0.4, -0.2) is 27.4 Å². The number of amides is 1. The molecule has 0 atom stereocenters. The van der Waals surface area contributed by atoms with Gasteiger partial charge in [-0.3, -0.25) is 4.79 Å². The molecular formula is C18H17FN6O. The first kappa shape index (κ1) is 16.1. The van der Waals surface area contributed by atoms with E-state index in [1.807, 2.05) is 6.92 Å². The van der Waals surface area contributed by atoms with Crippen LogP contribution < -0.4 is 16.4 Å². The first-order valence-corrected chi connectivity index (χ1v) is 8.18. The lowest BCUT2D eigenvalue weighted by Crippen LogP contribution is -2.31. The van der Waals surface area contributed by atoms with Gasteiger partial charge in [0.1, 0.15) is 5.82 Å². The van der Waals surface area contributed by atoms with Gasteiger partial charge in [-0.25, -0.2) is 14.4 Å². The van der Waals surface area contributed by atoms with E-state index < -0.39 is 0 Å². The Morgan fingerprint density at radius 1 is 1.31 bits per heavy atom. The van der Waals surface area contributed by atoms with Crippen LogP contribution >= 0.6 is 0 Å². The number of carbonyl (C=O) groups is 1. The molecular weight excluding hydrogens is 335 g/mol. The molecule has 7 nitrogen and oxygen atoms in total. The number of aromatic amines is 1. The minimum absolute atomic E-state index is 0.132. The highest BCUT2D eigenvalue weighted by Crippen LogP contribution is 2.36. The second kappa shape index (κ2) is 6.14. The molecule has 0 unspecified atom stereocenters. The average Bonchev–Trinajstić information content (AvgIpc) is 2.98. The normalized spacial score (nSPS) is 13.2. The largest absolute Gasteiger partial charge is 0.368 e. The molecule has 3 heterocycles. The Morgan fingerprint density at radius 2 is 2.15 bits per heavy atom. The van der Waals surface area contributed by atoms with E-state index in [1.54, 1.807) is 18.3 Å².